The summed E-state index contributed by atoms with van der Waals surface area (Å²) in [6.07, 6.45) is 5.64. The zero-order chi connectivity index (χ0) is 17.8. The third kappa shape index (κ3) is 3.92. The van der Waals surface area contributed by atoms with Gasteiger partial charge in [0.1, 0.15) is 0 Å². The smallest absolute Gasteiger partial charge is 0.224 e. The first-order valence-electron chi connectivity index (χ1n) is 9.38. The molecule has 2 aliphatic rings. The van der Waals surface area contributed by atoms with Crippen molar-refractivity contribution in [2.75, 3.05) is 27.3 Å². The number of hydrogen-bond donors (Lipinski definition) is 1. The molecule has 25 heavy (non-hydrogen) atoms. The van der Waals surface area contributed by atoms with Crippen LogP contribution in [0, 0.1) is 5.92 Å². The van der Waals surface area contributed by atoms with E-state index in [-0.39, 0.29) is 11.8 Å². The molecule has 1 aromatic rings. The van der Waals surface area contributed by atoms with Crippen LogP contribution in [0.4, 0.5) is 0 Å². The summed E-state index contributed by atoms with van der Waals surface area (Å²) in [6, 6.07) is 6.89. The van der Waals surface area contributed by atoms with Gasteiger partial charge in [0.2, 0.25) is 5.91 Å². The molecule has 2 heterocycles. The lowest BCUT2D eigenvalue weighted by atomic mass is 9.97. The van der Waals surface area contributed by atoms with Crippen molar-refractivity contribution in [1.29, 1.82) is 0 Å². The summed E-state index contributed by atoms with van der Waals surface area (Å²) in [5.74, 6) is 1.80. The fourth-order valence-electron chi connectivity index (χ4n) is 4.36. The summed E-state index contributed by atoms with van der Waals surface area (Å²) in [4.78, 5) is 15.2. The van der Waals surface area contributed by atoms with Gasteiger partial charge < -0.3 is 14.8 Å². The molecule has 2 saturated heterocycles. The van der Waals surface area contributed by atoms with Gasteiger partial charge in [0.25, 0.3) is 0 Å². The Morgan fingerprint density at radius 2 is 2.04 bits per heavy atom. The van der Waals surface area contributed by atoms with E-state index in [2.05, 4.69) is 17.1 Å². The van der Waals surface area contributed by atoms with Crippen LogP contribution in [0.2, 0.25) is 0 Å². The summed E-state index contributed by atoms with van der Waals surface area (Å²) in [6.45, 7) is 4.02. The zero-order valence-electron chi connectivity index (χ0n) is 15.6. The molecule has 1 amide bonds. The largest absolute Gasteiger partial charge is 0.493 e. The number of benzene rings is 1. The van der Waals surface area contributed by atoms with Gasteiger partial charge in [-0.1, -0.05) is 12.5 Å². The minimum absolute atomic E-state index is 0.133. The lowest BCUT2D eigenvalue weighted by Gasteiger charge is -2.32. The van der Waals surface area contributed by atoms with Gasteiger partial charge in [-0.15, -0.1) is 0 Å². The molecular weight excluding hydrogens is 316 g/mol. The lowest BCUT2D eigenvalue weighted by Crippen LogP contribution is -2.42. The molecule has 2 aliphatic heterocycles. The highest BCUT2D eigenvalue weighted by molar-refractivity contribution is 5.79. The molecule has 0 aromatic heterocycles. The molecule has 5 heteroatoms. The Hall–Kier alpha value is -1.75. The van der Waals surface area contributed by atoms with E-state index in [1.165, 1.54) is 19.3 Å². The van der Waals surface area contributed by atoms with E-state index in [4.69, 9.17) is 9.47 Å². The minimum Gasteiger partial charge on any atom is -0.493 e. The maximum absolute atomic E-state index is 12.6. The van der Waals surface area contributed by atoms with Gasteiger partial charge in [-0.05, 0) is 56.8 Å². The molecule has 2 fully saturated rings. The highest BCUT2D eigenvalue weighted by Gasteiger charge is 2.42. The van der Waals surface area contributed by atoms with E-state index >= 15 is 0 Å². The monoisotopic (exact) mass is 346 g/mol. The molecular formula is C20H30N2O3. The van der Waals surface area contributed by atoms with Gasteiger partial charge in [0.15, 0.2) is 11.5 Å². The molecule has 0 spiro atoms. The molecule has 1 N–H and O–H groups in total. The van der Waals surface area contributed by atoms with Crippen LogP contribution in [0.3, 0.4) is 0 Å². The second kappa shape index (κ2) is 8.09. The van der Waals surface area contributed by atoms with Crippen molar-refractivity contribution in [3.05, 3.63) is 23.8 Å². The van der Waals surface area contributed by atoms with Crippen molar-refractivity contribution in [2.24, 2.45) is 5.92 Å². The third-order valence-corrected chi connectivity index (χ3v) is 5.80. The lowest BCUT2D eigenvalue weighted by molar-refractivity contribution is -0.125. The Kier molecular flexibility index (Phi) is 5.84. The summed E-state index contributed by atoms with van der Waals surface area (Å²) in [5, 5.41) is 3.14. The number of carbonyl (C=O) groups is 1. The maximum Gasteiger partial charge on any atom is 0.224 e. The number of ether oxygens (including phenoxy) is 2. The number of methoxy groups -OCH3 is 2. The summed E-state index contributed by atoms with van der Waals surface area (Å²) in [7, 11) is 3.27. The topological polar surface area (TPSA) is 50.8 Å². The van der Waals surface area contributed by atoms with Crippen LogP contribution < -0.4 is 14.8 Å². The molecule has 3 rings (SSSR count). The second-order valence-corrected chi connectivity index (χ2v) is 7.20. The van der Waals surface area contributed by atoms with Crippen molar-refractivity contribution < 1.29 is 14.3 Å². The number of amides is 1. The number of piperidine rings is 1. The van der Waals surface area contributed by atoms with Gasteiger partial charge >= 0.3 is 0 Å². The van der Waals surface area contributed by atoms with Gasteiger partial charge in [-0.3, -0.25) is 9.69 Å². The Balaban J connectivity index is 1.51. The van der Waals surface area contributed by atoms with E-state index < -0.39 is 0 Å². The predicted octanol–water partition coefficient (Wildman–Crippen LogP) is 2.63. The molecule has 5 nitrogen and oxygen atoms in total. The Morgan fingerprint density at radius 3 is 2.76 bits per heavy atom. The molecule has 0 radical (unpaired) electrons. The molecule has 0 bridgehead atoms. The maximum atomic E-state index is 12.6. The van der Waals surface area contributed by atoms with Crippen LogP contribution in [0.1, 0.15) is 38.2 Å². The number of fused-ring (bicyclic) bond motifs is 1. The second-order valence-electron chi connectivity index (χ2n) is 7.20. The normalized spacial score (nSPS) is 26.1. The first-order chi connectivity index (χ1) is 12.1. The predicted molar refractivity (Wildman–Crippen MR) is 98.2 cm³/mol. The number of rotatable bonds is 6. The molecule has 0 aliphatic carbocycles. The van der Waals surface area contributed by atoms with E-state index in [1.807, 2.05) is 18.2 Å². The Labute approximate surface area is 150 Å². The van der Waals surface area contributed by atoms with Crippen LogP contribution in [-0.4, -0.2) is 50.2 Å². The van der Waals surface area contributed by atoms with E-state index in [9.17, 15) is 4.79 Å². The summed E-state index contributed by atoms with van der Waals surface area (Å²) in [5.41, 5.74) is 1.13. The van der Waals surface area contributed by atoms with Gasteiger partial charge in [-0.25, -0.2) is 0 Å². The fourth-order valence-corrected chi connectivity index (χ4v) is 4.36. The van der Waals surface area contributed by atoms with Gasteiger partial charge in [0, 0.05) is 18.6 Å². The number of hydrogen-bond acceptors (Lipinski definition) is 4. The van der Waals surface area contributed by atoms with Crippen LogP contribution in [0.5, 0.6) is 11.5 Å². The third-order valence-electron chi connectivity index (χ3n) is 5.80. The molecule has 1 aromatic carbocycles. The Morgan fingerprint density at radius 1 is 1.24 bits per heavy atom. The molecule has 138 valence electrons. The van der Waals surface area contributed by atoms with E-state index in [0.717, 1.165) is 36.4 Å². The average molecular weight is 346 g/mol. The number of nitrogens with zero attached hydrogens (tertiary/aromatic N) is 1. The first kappa shape index (κ1) is 18.1. The summed E-state index contributed by atoms with van der Waals surface area (Å²) >= 11 is 0. The first-order valence-corrected chi connectivity index (χ1v) is 9.38. The highest BCUT2D eigenvalue weighted by Crippen LogP contribution is 2.35. The van der Waals surface area contributed by atoms with Crippen molar-refractivity contribution >= 4 is 5.91 Å². The van der Waals surface area contributed by atoms with Gasteiger partial charge in [0.05, 0.1) is 20.1 Å². The number of carbonyl (C=O) groups excluding carboxylic acids is 1. The molecule has 3 atom stereocenters. The molecule has 0 saturated carbocycles. The van der Waals surface area contributed by atoms with Crippen molar-refractivity contribution in [2.45, 2.75) is 51.1 Å². The van der Waals surface area contributed by atoms with Crippen molar-refractivity contribution in [3.8, 4) is 11.5 Å². The number of nitrogens with one attached hydrogen (secondary N) is 1. The SMILES string of the molecule is COc1ccc(CCNC(=O)[C@@H]2C[C@H]3CCCCN3[C@@H]2C)cc1OC. The summed E-state index contributed by atoms with van der Waals surface area (Å²) < 4.78 is 10.6. The van der Waals surface area contributed by atoms with Crippen molar-refractivity contribution in [1.82, 2.24) is 10.2 Å². The van der Waals surface area contributed by atoms with Crippen LogP contribution in [0.15, 0.2) is 18.2 Å². The van der Waals surface area contributed by atoms with E-state index in [0.29, 0.717) is 18.6 Å². The fraction of sp³-hybridized carbons (Fsp3) is 0.650. The van der Waals surface area contributed by atoms with Gasteiger partial charge in [-0.2, -0.15) is 0 Å². The van der Waals surface area contributed by atoms with Crippen LogP contribution >= 0.6 is 0 Å². The zero-order valence-corrected chi connectivity index (χ0v) is 15.6. The quantitative estimate of drug-likeness (QED) is 0.860. The molecule has 0 unspecified atom stereocenters. The average Bonchev–Trinajstić information content (AvgIpc) is 2.98. The standard InChI is InChI=1S/C20H30N2O3/c1-14-17(13-16-6-4-5-11-22(14)16)20(23)21-10-9-15-7-8-18(24-2)19(12-15)25-3/h7-8,12,14,16-17H,4-6,9-11,13H2,1-3H3,(H,21,23)/t14-,16-,17-/m1/s1. The highest BCUT2D eigenvalue weighted by atomic mass is 16.5. The van der Waals surface area contributed by atoms with Crippen molar-refractivity contribution in [3.63, 3.8) is 0 Å². The van der Waals surface area contributed by atoms with Crippen LogP contribution in [-0.2, 0) is 11.2 Å². The van der Waals surface area contributed by atoms with Crippen LogP contribution in [0.25, 0.3) is 0 Å². The Bertz CT molecular complexity index is 605. The minimum atomic E-state index is 0.133. The van der Waals surface area contributed by atoms with E-state index in [1.54, 1.807) is 14.2 Å².